The summed E-state index contributed by atoms with van der Waals surface area (Å²) in [6.45, 7) is 5.13. The third kappa shape index (κ3) is 2.31. The second kappa shape index (κ2) is 2.67. The molecule has 0 saturated heterocycles. The van der Waals surface area contributed by atoms with Gasteiger partial charge in [0.05, 0.1) is 5.41 Å². The van der Waals surface area contributed by atoms with Crippen molar-refractivity contribution in [3.8, 4) is 0 Å². The lowest BCUT2D eigenvalue weighted by molar-refractivity contribution is -0.144. The van der Waals surface area contributed by atoms with Crippen molar-refractivity contribution in [3.05, 3.63) is 12.2 Å². The normalized spacial score (nSPS) is 12.3. The second-order valence-electron chi connectivity index (χ2n) is 2.53. The Balaban J connectivity index is 4.19. The van der Waals surface area contributed by atoms with E-state index in [2.05, 4.69) is 0 Å². The van der Waals surface area contributed by atoms with Gasteiger partial charge in [0.2, 0.25) is 0 Å². The topological polar surface area (TPSA) is 37.3 Å². The molecule has 0 unspecified atom stereocenters. The van der Waals surface area contributed by atoms with Gasteiger partial charge in [-0.2, -0.15) is 0 Å². The van der Waals surface area contributed by atoms with Gasteiger partial charge >= 0.3 is 5.97 Å². The fraction of sp³-hybridized carbons (Fsp3) is 0.571. The molecule has 52 valence electrons. The molecular formula is C7H12O2. The minimum absolute atomic E-state index is 0.714. The Kier molecular flexibility index (Phi) is 2.43. The van der Waals surface area contributed by atoms with E-state index in [0.717, 1.165) is 0 Å². The summed E-state index contributed by atoms with van der Waals surface area (Å²) in [6, 6.07) is 0. The number of aliphatic carboxylic acids is 1. The predicted molar refractivity (Wildman–Crippen MR) is 36.2 cm³/mol. The Morgan fingerprint density at radius 2 is 2.00 bits per heavy atom. The Bertz CT molecular complexity index is 134. The summed E-state index contributed by atoms with van der Waals surface area (Å²) in [7, 11) is 0. The van der Waals surface area contributed by atoms with E-state index in [9.17, 15) is 4.79 Å². The SMILES string of the molecule is C/C=C\C(C)(C)C(=O)O. The van der Waals surface area contributed by atoms with Crippen LogP contribution in [0, 0.1) is 5.41 Å². The van der Waals surface area contributed by atoms with Gasteiger partial charge in [0.25, 0.3) is 0 Å². The van der Waals surface area contributed by atoms with E-state index in [1.54, 1.807) is 26.0 Å². The number of allylic oxidation sites excluding steroid dienone is 1. The third-order valence-corrected chi connectivity index (χ3v) is 1.13. The third-order valence-electron chi connectivity index (χ3n) is 1.13. The molecule has 2 heteroatoms. The van der Waals surface area contributed by atoms with Crippen molar-refractivity contribution in [1.29, 1.82) is 0 Å². The van der Waals surface area contributed by atoms with Gasteiger partial charge in [0, 0.05) is 0 Å². The van der Waals surface area contributed by atoms with Crippen LogP contribution in [-0.4, -0.2) is 11.1 Å². The van der Waals surface area contributed by atoms with Gasteiger partial charge in [0.1, 0.15) is 0 Å². The number of carboxylic acid groups (broad SMARTS) is 1. The van der Waals surface area contributed by atoms with Crippen LogP contribution in [0.3, 0.4) is 0 Å². The van der Waals surface area contributed by atoms with Crippen molar-refractivity contribution in [3.63, 3.8) is 0 Å². The Morgan fingerprint density at radius 1 is 1.56 bits per heavy atom. The van der Waals surface area contributed by atoms with E-state index < -0.39 is 11.4 Å². The van der Waals surface area contributed by atoms with Gasteiger partial charge in [-0.25, -0.2) is 0 Å². The second-order valence-corrected chi connectivity index (χ2v) is 2.53. The van der Waals surface area contributed by atoms with Gasteiger partial charge in [-0.15, -0.1) is 0 Å². The molecule has 0 aliphatic rings. The molecule has 0 heterocycles. The predicted octanol–water partition coefficient (Wildman–Crippen LogP) is 1.67. The highest BCUT2D eigenvalue weighted by Crippen LogP contribution is 2.16. The first-order valence-electron chi connectivity index (χ1n) is 2.88. The van der Waals surface area contributed by atoms with Crippen molar-refractivity contribution in [2.45, 2.75) is 20.8 Å². The number of carbonyl (C=O) groups is 1. The van der Waals surface area contributed by atoms with Gasteiger partial charge in [0.15, 0.2) is 0 Å². The molecule has 0 radical (unpaired) electrons. The van der Waals surface area contributed by atoms with Crippen molar-refractivity contribution in [2.24, 2.45) is 5.41 Å². The molecule has 0 rings (SSSR count). The lowest BCUT2D eigenvalue weighted by Crippen LogP contribution is -2.20. The first kappa shape index (κ1) is 8.21. The summed E-state index contributed by atoms with van der Waals surface area (Å²) in [5, 5.41) is 8.52. The first-order chi connectivity index (χ1) is 4.00. The monoisotopic (exact) mass is 128 g/mol. The van der Waals surface area contributed by atoms with Crippen LogP contribution in [0.15, 0.2) is 12.2 Å². The summed E-state index contributed by atoms with van der Waals surface area (Å²) >= 11 is 0. The minimum atomic E-state index is -0.791. The van der Waals surface area contributed by atoms with Crippen LogP contribution >= 0.6 is 0 Å². The van der Waals surface area contributed by atoms with Crippen molar-refractivity contribution < 1.29 is 9.90 Å². The van der Waals surface area contributed by atoms with Crippen LogP contribution < -0.4 is 0 Å². The number of hydrogen-bond acceptors (Lipinski definition) is 1. The highest BCUT2D eigenvalue weighted by molar-refractivity contribution is 5.75. The molecule has 9 heavy (non-hydrogen) atoms. The van der Waals surface area contributed by atoms with E-state index in [0.29, 0.717) is 0 Å². The fourth-order valence-electron chi connectivity index (χ4n) is 0.488. The quantitative estimate of drug-likeness (QED) is 0.574. The molecule has 0 aliphatic heterocycles. The van der Waals surface area contributed by atoms with Crippen molar-refractivity contribution in [2.75, 3.05) is 0 Å². The van der Waals surface area contributed by atoms with Crippen LogP contribution in [-0.2, 0) is 4.79 Å². The maximum absolute atomic E-state index is 10.4. The molecule has 0 atom stereocenters. The van der Waals surface area contributed by atoms with E-state index in [1.165, 1.54) is 0 Å². The molecule has 0 aromatic heterocycles. The van der Waals surface area contributed by atoms with Crippen LogP contribution in [0.5, 0.6) is 0 Å². The van der Waals surface area contributed by atoms with E-state index in [-0.39, 0.29) is 0 Å². The molecular weight excluding hydrogens is 116 g/mol. The first-order valence-corrected chi connectivity index (χ1v) is 2.88. The van der Waals surface area contributed by atoms with Crippen LogP contribution in [0.2, 0.25) is 0 Å². The molecule has 0 amide bonds. The molecule has 2 nitrogen and oxygen atoms in total. The fourth-order valence-corrected chi connectivity index (χ4v) is 0.488. The summed E-state index contributed by atoms with van der Waals surface area (Å²) in [4.78, 5) is 10.4. The van der Waals surface area contributed by atoms with E-state index in [4.69, 9.17) is 5.11 Å². The number of carboxylic acids is 1. The van der Waals surface area contributed by atoms with Gasteiger partial charge in [-0.1, -0.05) is 12.2 Å². The van der Waals surface area contributed by atoms with Crippen LogP contribution in [0.25, 0.3) is 0 Å². The minimum Gasteiger partial charge on any atom is -0.481 e. The highest BCUT2D eigenvalue weighted by atomic mass is 16.4. The smallest absolute Gasteiger partial charge is 0.312 e. The van der Waals surface area contributed by atoms with Crippen molar-refractivity contribution in [1.82, 2.24) is 0 Å². The molecule has 0 aliphatic carbocycles. The lowest BCUT2D eigenvalue weighted by atomic mass is 9.94. The molecule has 0 fully saturated rings. The van der Waals surface area contributed by atoms with Gasteiger partial charge in [-0.3, -0.25) is 4.79 Å². The summed E-state index contributed by atoms with van der Waals surface area (Å²) < 4.78 is 0. The summed E-state index contributed by atoms with van der Waals surface area (Å²) in [5.41, 5.74) is -0.714. The lowest BCUT2D eigenvalue weighted by Gasteiger charge is -2.11. The van der Waals surface area contributed by atoms with Crippen molar-refractivity contribution >= 4 is 5.97 Å². The molecule has 0 spiro atoms. The molecule has 0 saturated carbocycles. The maximum Gasteiger partial charge on any atom is 0.312 e. The molecule has 0 aromatic carbocycles. The summed E-state index contributed by atoms with van der Waals surface area (Å²) in [6.07, 6.45) is 3.41. The molecule has 0 aromatic rings. The molecule has 1 N–H and O–H groups in total. The maximum atomic E-state index is 10.4. The molecule has 0 bridgehead atoms. The Hall–Kier alpha value is -0.790. The Labute approximate surface area is 55.2 Å². The zero-order valence-electron chi connectivity index (χ0n) is 6.01. The zero-order valence-corrected chi connectivity index (χ0v) is 6.01. The average Bonchev–Trinajstić information content (AvgIpc) is 1.65. The zero-order chi connectivity index (χ0) is 7.49. The van der Waals surface area contributed by atoms with E-state index in [1.807, 2.05) is 6.92 Å². The van der Waals surface area contributed by atoms with Crippen LogP contribution in [0.4, 0.5) is 0 Å². The van der Waals surface area contributed by atoms with Gasteiger partial charge in [-0.05, 0) is 20.8 Å². The standard InChI is InChI=1S/C7H12O2/c1-4-5-7(2,3)6(8)9/h4-5H,1-3H3,(H,8,9)/b5-4-. The average molecular weight is 128 g/mol. The Morgan fingerprint density at radius 3 is 2.11 bits per heavy atom. The largest absolute Gasteiger partial charge is 0.481 e. The number of rotatable bonds is 2. The van der Waals surface area contributed by atoms with Gasteiger partial charge < -0.3 is 5.11 Å². The van der Waals surface area contributed by atoms with E-state index >= 15 is 0 Å². The highest BCUT2D eigenvalue weighted by Gasteiger charge is 2.22. The number of hydrogen-bond donors (Lipinski definition) is 1. The summed E-state index contributed by atoms with van der Waals surface area (Å²) in [5.74, 6) is -0.791. The van der Waals surface area contributed by atoms with Crippen LogP contribution in [0.1, 0.15) is 20.8 Å².